The molecule has 0 heterocycles. The highest BCUT2D eigenvalue weighted by Crippen LogP contribution is 2.16. The van der Waals surface area contributed by atoms with Crippen molar-refractivity contribution in [1.29, 1.82) is 0 Å². The number of amides is 1. The first kappa shape index (κ1) is 13.0. The van der Waals surface area contributed by atoms with Gasteiger partial charge < -0.3 is 11.1 Å². The van der Waals surface area contributed by atoms with Crippen molar-refractivity contribution in [3.05, 3.63) is 29.1 Å². The van der Waals surface area contributed by atoms with E-state index in [1.807, 2.05) is 0 Å². The van der Waals surface area contributed by atoms with Crippen LogP contribution in [0.4, 0.5) is 10.1 Å². The molecule has 3 nitrogen and oxygen atoms in total. The molecule has 0 bridgehead atoms. The van der Waals surface area contributed by atoms with Gasteiger partial charge in [-0.1, -0.05) is 11.8 Å². The Hall–Kier alpha value is -2.02. The molecule has 17 heavy (non-hydrogen) atoms. The third-order valence-electron chi connectivity index (χ3n) is 2.20. The fourth-order valence-electron chi connectivity index (χ4n) is 1.24. The maximum atomic E-state index is 13.4. The number of anilines is 1. The Morgan fingerprint density at radius 1 is 1.53 bits per heavy atom. The van der Waals surface area contributed by atoms with Crippen molar-refractivity contribution in [3.63, 3.8) is 0 Å². The van der Waals surface area contributed by atoms with Crippen LogP contribution in [0.25, 0.3) is 0 Å². The molecule has 0 aliphatic rings. The molecule has 4 heteroatoms. The van der Waals surface area contributed by atoms with Gasteiger partial charge in [-0.15, -0.1) is 0 Å². The van der Waals surface area contributed by atoms with Crippen LogP contribution < -0.4 is 11.1 Å². The zero-order chi connectivity index (χ0) is 12.8. The topological polar surface area (TPSA) is 55.1 Å². The van der Waals surface area contributed by atoms with E-state index in [1.165, 1.54) is 19.1 Å². The molecule has 0 aliphatic carbocycles. The molecule has 3 N–H and O–H groups in total. The van der Waals surface area contributed by atoms with Gasteiger partial charge in [0.15, 0.2) is 0 Å². The SMILES string of the molecule is CC(=O)NCCC#Cc1cc(N)c(C)cc1F. The first-order valence-electron chi connectivity index (χ1n) is 5.29. The third-order valence-corrected chi connectivity index (χ3v) is 2.20. The number of benzene rings is 1. The predicted molar refractivity (Wildman–Crippen MR) is 65.7 cm³/mol. The Balaban J connectivity index is 2.66. The number of carbonyl (C=O) groups is 1. The largest absolute Gasteiger partial charge is 0.398 e. The molecule has 0 spiro atoms. The normalized spacial score (nSPS) is 9.35. The van der Waals surface area contributed by atoms with Crippen molar-refractivity contribution in [2.24, 2.45) is 0 Å². The first-order chi connectivity index (χ1) is 8.00. The molecule has 0 radical (unpaired) electrons. The van der Waals surface area contributed by atoms with E-state index in [2.05, 4.69) is 17.2 Å². The van der Waals surface area contributed by atoms with E-state index < -0.39 is 0 Å². The average molecular weight is 234 g/mol. The fourth-order valence-corrected chi connectivity index (χ4v) is 1.24. The van der Waals surface area contributed by atoms with Gasteiger partial charge in [0.25, 0.3) is 0 Å². The predicted octanol–water partition coefficient (Wildman–Crippen LogP) is 1.59. The zero-order valence-corrected chi connectivity index (χ0v) is 9.93. The molecule has 0 saturated heterocycles. The Bertz CT molecular complexity index is 486. The summed E-state index contributed by atoms with van der Waals surface area (Å²) < 4.78 is 13.4. The van der Waals surface area contributed by atoms with Gasteiger partial charge in [-0.05, 0) is 24.6 Å². The van der Waals surface area contributed by atoms with Gasteiger partial charge in [0.05, 0.1) is 5.56 Å². The van der Waals surface area contributed by atoms with E-state index in [1.54, 1.807) is 6.92 Å². The number of aryl methyl sites for hydroxylation is 1. The minimum Gasteiger partial charge on any atom is -0.398 e. The lowest BCUT2D eigenvalue weighted by Gasteiger charge is -2.01. The average Bonchev–Trinajstić information content (AvgIpc) is 2.24. The van der Waals surface area contributed by atoms with Crippen LogP contribution in [0.2, 0.25) is 0 Å². The second-order valence-corrected chi connectivity index (χ2v) is 3.72. The summed E-state index contributed by atoms with van der Waals surface area (Å²) in [6, 6.07) is 2.89. The Labute approximate surface area is 100 Å². The van der Waals surface area contributed by atoms with Gasteiger partial charge in [0.1, 0.15) is 5.82 Å². The number of nitrogens with two attached hydrogens (primary N) is 1. The summed E-state index contributed by atoms with van der Waals surface area (Å²) in [5.41, 5.74) is 7.18. The molecule has 0 atom stereocenters. The second-order valence-electron chi connectivity index (χ2n) is 3.72. The summed E-state index contributed by atoms with van der Waals surface area (Å²) in [4.78, 5) is 10.6. The molecule has 1 rings (SSSR count). The highest BCUT2D eigenvalue weighted by atomic mass is 19.1. The quantitative estimate of drug-likeness (QED) is 0.464. The highest BCUT2D eigenvalue weighted by molar-refractivity contribution is 5.72. The minimum absolute atomic E-state index is 0.0995. The number of nitrogen functional groups attached to an aromatic ring is 1. The Morgan fingerprint density at radius 3 is 2.88 bits per heavy atom. The lowest BCUT2D eigenvalue weighted by Crippen LogP contribution is -2.20. The highest BCUT2D eigenvalue weighted by Gasteiger charge is 2.02. The third kappa shape index (κ3) is 4.15. The van der Waals surface area contributed by atoms with Crippen molar-refractivity contribution < 1.29 is 9.18 Å². The van der Waals surface area contributed by atoms with Crippen molar-refractivity contribution in [3.8, 4) is 11.8 Å². The monoisotopic (exact) mass is 234 g/mol. The van der Waals surface area contributed by atoms with Gasteiger partial charge in [0.2, 0.25) is 5.91 Å². The van der Waals surface area contributed by atoms with Gasteiger partial charge in [-0.3, -0.25) is 4.79 Å². The summed E-state index contributed by atoms with van der Waals surface area (Å²) in [6.07, 6.45) is 0.479. The van der Waals surface area contributed by atoms with Crippen LogP contribution in [0.5, 0.6) is 0 Å². The molecular weight excluding hydrogens is 219 g/mol. The number of halogens is 1. The fraction of sp³-hybridized carbons (Fsp3) is 0.308. The zero-order valence-electron chi connectivity index (χ0n) is 9.93. The summed E-state index contributed by atoms with van der Waals surface area (Å²) >= 11 is 0. The standard InChI is InChI=1S/C13H15FN2O/c1-9-7-12(14)11(8-13(9)15)5-3-4-6-16-10(2)17/h7-8H,4,6,15H2,1-2H3,(H,16,17). The van der Waals surface area contributed by atoms with Gasteiger partial charge in [0, 0.05) is 25.6 Å². The maximum Gasteiger partial charge on any atom is 0.216 e. The van der Waals surface area contributed by atoms with Crippen molar-refractivity contribution in [2.45, 2.75) is 20.3 Å². The van der Waals surface area contributed by atoms with Crippen LogP contribution in [0.1, 0.15) is 24.5 Å². The number of hydrogen-bond acceptors (Lipinski definition) is 2. The lowest BCUT2D eigenvalue weighted by atomic mass is 10.1. The summed E-state index contributed by atoms with van der Waals surface area (Å²) in [7, 11) is 0. The Morgan fingerprint density at radius 2 is 2.24 bits per heavy atom. The molecule has 0 aromatic heterocycles. The van der Waals surface area contributed by atoms with Crippen molar-refractivity contribution >= 4 is 11.6 Å². The molecule has 90 valence electrons. The van der Waals surface area contributed by atoms with Crippen LogP contribution in [0.3, 0.4) is 0 Å². The van der Waals surface area contributed by atoms with E-state index in [0.29, 0.717) is 24.2 Å². The van der Waals surface area contributed by atoms with Gasteiger partial charge in [-0.2, -0.15) is 0 Å². The molecule has 1 aromatic rings. The lowest BCUT2D eigenvalue weighted by molar-refractivity contribution is -0.118. The van der Waals surface area contributed by atoms with Crippen LogP contribution in [0.15, 0.2) is 12.1 Å². The molecule has 0 saturated carbocycles. The number of rotatable bonds is 2. The molecular formula is C13H15FN2O. The van der Waals surface area contributed by atoms with Crippen LogP contribution in [-0.2, 0) is 4.79 Å². The number of hydrogen-bond donors (Lipinski definition) is 2. The van der Waals surface area contributed by atoms with Crippen LogP contribution in [0, 0.1) is 24.6 Å². The van der Waals surface area contributed by atoms with Crippen LogP contribution >= 0.6 is 0 Å². The van der Waals surface area contributed by atoms with Crippen molar-refractivity contribution in [2.75, 3.05) is 12.3 Å². The smallest absolute Gasteiger partial charge is 0.216 e. The molecule has 0 aliphatic heterocycles. The number of carbonyl (C=O) groups excluding carboxylic acids is 1. The minimum atomic E-state index is -0.372. The van der Waals surface area contributed by atoms with Gasteiger partial charge >= 0.3 is 0 Å². The van der Waals surface area contributed by atoms with E-state index in [-0.39, 0.29) is 17.3 Å². The molecule has 0 unspecified atom stereocenters. The van der Waals surface area contributed by atoms with E-state index in [4.69, 9.17) is 5.73 Å². The summed E-state index contributed by atoms with van der Waals surface area (Å²) in [6.45, 7) is 3.64. The van der Waals surface area contributed by atoms with Crippen molar-refractivity contribution in [1.82, 2.24) is 5.32 Å². The first-order valence-corrected chi connectivity index (χ1v) is 5.29. The summed E-state index contributed by atoms with van der Waals surface area (Å²) in [5, 5.41) is 2.61. The van der Waals surface area contributed by atoms with E-state index >= 15 is 0 Å². The summed E-state index contributed by atoms with van der Waals surface area (Å²) in [5.74, 6) is 5.01. The molecule has 0 fully saturated rings. The second kappa shape index (κ2) is 5.90. The molecule has 1 amide bonds. The number of nitrogens with one attached hydrogen (secondary N) is 1. The van der Waals surface area contributed by atoms with E-state index in [9.17, 15) is 9.18 Å². The maximum absolute atomic E-state index is 13.4. The Kier molecular flexibility index (Phi) is 4.53. The molecule has 1 aromatic carbocycles. The van der Waals surface area contributed by atoms with E-state index in [0.717, 1.165) is 0 Å². The van der Waals surface area contributed by atoms with Gasteiger partial charge in [-0.25, -0.2) is 4.39 Å². The van der Waals surface area contributed by atoms with Crippen LogP contribution in [-0.4, -0.2) is 12.5 Å².